The lowest BCUT2D eigenvalue weighted by Gasteiger charge is -2.39. The summed E-state index contributed by atoms with van der Waals surface area (Å²) in [6, 6.07) is 0.237. The zero-order valence-electron chi connectivity index (χ0n) is 14.9. The van der Waals surface area contributed by atoms with Crippen molar-refractivity contribution in [2.45, 2.75) is 85.7 Å². The molecule has 1 aliphatic carbocycles. The lowest BCUT2D eigenvalue weighted by molar-refractivity contribution is -0.148. The molecule has 124 valence electrons. The lowest BCUT2D eigenvalue weighted by atomic mass is 9.68. The molecular formula is C18H35NO2. The Morgan fingerprint density at radius 3 is 2.19 bits per heavy atom. The first kappa shape index (κ1) is 18.5. The third-order valence-electron chi connectivity index (χ3n) is 5.08. The van der Waals surface area contributed by atoms with Crippen LogP contribution in [0.4, 0.5) is 0 Å². The highest BCUT2D eigenvalue weighted by Crippen LogP contribution is 2.40. The molecule has 1 aliphatic rings. The zero-order chi connectivity index (χ0) is 16.0. The Kier molecular flexibility index (Phi) is 7.19. The SMILES string of the molecule is CCOC(=O)C(NC(C)CC)C1CCC(C(C)(C)C)CC1. The fourth-order valence-electron chi connectivity index (χ4n) is 3.37. The normalized spacial score (nSPS) is 26.2. The number of hydrogen-bond donors (Lipinski definition) is 1. The maximum absolute atomic E-state index is 12.3. The molecule has 21 heavy (non-hydrogen) atoms. The van der Waals surface area contributed by atoms with Gasteiger partial charge >= 0.3 is 5.97 Å². The lowest BCUT2D eigenvalue weighted by Crippen LogP contribution is -2.49. The molecule has 0 heterocycles. The van der Waals surface area contributed by atoms with Gasteiger partial charge in [-0.3, -0.25) is 4.79 Å². The Hall–Kier alpha value is -0.570. The van der Waals surface area contributed by atoms with Gasteiger partial charge < -0.3 is 10.1 Å². The van der Waals surface area contributed by atoms with Crippen LogP contribution in [-0.4, -0.2) is 24.7 Å². The van der Waals surface area contributed by atoms with Crippen LogP contribution in [0, 0.1) is 17.3 Å². The molecule has 1 saturated carbocycles. The highest BCUT2D eigenvalue weighted by molar-refractivity contribution is 5.76. The van der Waals surface area contributed by atoms with E-state index in [1.54, 1.807) is 0 Å². The summed E-state index contributed by atoms with van der Waals surface area (Å²) >= 11 is 0. The van der Waals surface area contributed by atoms with E-state index in [1.165, 1.54) is 12.8 Å². The third kappa shape index (κ3) is 5.61. The molecule has 3 nitrogen and oxygen atoms in total. The van der Waals surface area contributed by atoms with E-state index in [0.29, 0.717) is 24.0 Å². The first-order chi connectivity index (χ1) is 9.79. The van der Waals surface area contributed by atoms with E-state index in [0.717, 1.165) is 25.2 Å². The zero-order valence-corrected chi connectivity index (χ0v) is 14.9. The van der Waals surface area contributed by atoms with Gasteiger partial charge in [0.05, 0.1) is 6.61 Å². The average molecular weight is 297 g/mol. The number of ether oxygens (including phenoxy) is 1. The summed E-state index contributed by atoms with van der Waals surface area (Å²) in [6.45, 7) is 13.6. The Morgan fingerprint density at radius 2 is 1.76 bits per heavy atom. The Bertz CT molecular complexity index is 314. The van der Waals surface area contributed by atoms with Crippen LogP contribution in [0.15, 0.2) is 0 Å². The van der Waals surface area contributed by atoms with Gasteiger partial charge in [-0.05, 0) is 63.2 Å². The maximum atomic E-state index is 12.3. The van der Waals surface area contributed by atoms with Crippen LogP contribution in [0.5, 0.6) is 0 Å². The van der Waals surface area contributed by atoms with Crippen molar-refractivity contribution in [3.63, 3.8) is 0 Å². The predicted octanol–water partition coefficient (Wildman–Crippen LogP) is 4.16. The van der Waals surface area contributed by atoms with Gasteiger partial charge in [-0.15, -0.1) is 0 Å². The summed E-state index contributed by atoms with van der Waals surface area (Å²) in [5.74, 6) is 1.15. The highest BCUT2D eigenvalue weighted by atomic mass is 16.5. The van der Waals surface area contributed by atoms with Crippen molar-refractivity contribution in [1.82, 2.24) is 5.32 Å². The van der Waals surface area contributed by atoms with Crippen molar-refractivity contribution in [1.29, 1.82) is 0 Å². The molecule has 1 N–H and O–H groups in total. The minimum absolute atomic E-state index is 0.0583. The average Bonchev–Trinajstić information content (AvgIpc) is 2.43. The number of esters is 1. The van der Waals surface area contributed by atoms with E-state index >= 15 is 0 Å². The molecule has 2 unspecified atom stereocenters. The Labute approximate surface area is 131 Å². The van der Waals surface area contributed by atoms with E-state index in [1.807, 2.05) is 6.92 Å². The molecule has 0 aromatic rings. The molecule has 0 spiro atoms. The fraction of sp³-hybridized carbons (Fsp3) is 0.944. The summed E-state index contributed by atoms with van der Waals surface area (Å²) in [4.78, 5) is 12.3. The van der Waals surface area contributed by atoms with Crippen molar-refractivity contribution in [3.05, 3.63) is 0 Å². The van der Waals surface area contributed by atoms with Gasteiger partial charge in [0.1, 0.15) is 6.04 Å². The standard InChI is InChI=1S/C18H35NO2/c1-7-13(3)19-16(17(20)21-8-2)14-9-11-15(12-10-14)18(4,5)6/h13-16,19H,7-12H2,1-6H3. The van der Waals surface area contributed by atoms with Crippen LogP contribution in [0.1, 0.15) is 73.6 Å². The summed E-state index contributed by atoms with van der Waals surface area (Å²) in [7, 11) is 0. The topological polar surface area (TPSA) is 38.3 Å². The van der Waals surface area contributed by atoms with Crippen LogP contribution in [-0.2, 0) is 9.53 Å². The molecule has 0 amide bonds. The van der Waals surface area contributed by atoms with Crippen molar-refractivity contribution in [2.24, 2.45) is 17.3 Å². The molecule has 0 aromatic carbocycles. The number of hydrogen-bond acceptors (Lipinski definition) is 3. The van der Waals surface area contributed by atoms with E-state index in [9.17, 15) is 4.79 Å². The smallest absolute Gasteiger partial charge is 0.323 e. The first-order valence-electron chi connectivity index (χ1n) is 8.72. The minimum atomic E-state index is -0.124. The van der Waals surface area contributed by atoms with Crippen molar-refractivity contribution < 1.29 is 9.53 Å². The molecular weight excluding hydrogens is 262 g/mol. The van der Waals surface area contributed by atoms with E-state index in [4.69, 9.17) is 4.74 Å². The molecule has 0 bridgehead atoms. The number of carbonyl (C=O) groups excluding carboxylic acids is 1. The predicted molar refractivity (Wildman–Crippen MR) is 88.2 cm³/mol. The van der Waals surface area contributed by atoms with Gasteiger partial charge in [-0.1, -0.05) is 27.7 Å². The molecule has 0 radical (unpaired) electrons. The van der Waals surface area contributed by atoms with Gasteiger partial charge in [-0.2, -0.15) is 0 Å². The second-order valence-corrected chi connectivity index (χ2v) is 7.68. The van der Waals surface area contributed by atoms with Crippen LogP contribution in [0.3, 0.4) is 0 Å². The summed E-state index contributed by atoms with van der Waals surface area (Å²) in [5.41, 5.74) is 0.383. The Morgan fingerprint density at radius 1 is 1.19 bits per heavy atom. The summed E-state index contributed by atoms with van der Waals surface area (Å²) in [5, 5.41) is 3.50. The van der Waals surface area contributed by atoms with Crippen molar-refractivity contribution >= 4 is 5.97 Å². The van der Waals surface area contributed by atoms with Crippen molar-refractivity contribution in [3.8, 4) is 0 Å². The van der Waals surface area contributed by atoms with Gasteiger partial charge in [0, 0.05) is 6.04 Å². The van der Waals surface area contributed by atoms with Crippen LogP contribution in [0.25, 0.3) is 0 Å². The molecule has 0 aromatic heterocycles. The van der Waals surface area contributed by atoms with E-state index in [-0.39, 0.29) is 12.0 Å². The highest BCUT2D eigenvalue weighted by Gasteiger charge is 2.36. The van der Waals surface area contributed by atoms with Crippen LogP contribution >= 0.6 is 0 Å². The van der Waals surface area contributed by atoms with Gasteiger partial charge in [-0.25, -0.2) is 0 Å². The minimum Gasteiger partial charge on any atom is -0.465 e. The Balaban J connectivity index is 2.66. The number of rotatable bonds is 6. The monoisotopic (exact) mass is 297 g/mol. The second kappa shape index (κ2) is 8.17. The van der Waals surface area contributed by atoms with Crippen LogP contribution in [0.2, 0.25) is 0 Å². The largest absolute Gasteiger partial charge is 0.465 e. The van der Waals surface area contributed by atoms with E-state index in [2.05, 4.69) is 39.9 Å². The van der Waals surface area contributed by atoms with Gasteiger partial charge in [0.25, 0.3) is 0 Å². The molecule has 3 heteroatoms. The van der Waals surface area contributed by atoms with Crippen LogP contribution < -0.4 is 5.32 Å². The summed E-state index contributed by atoms with van der Waals surface area (Å²) in [6.07, 6.45) is 5.76. The molecule has 2 atom stereocenters. The molecule has 1 rings (SSSR count). The third-order valence-corrected chi connectivity index (χ3v) is 5.08. The molecule has 0 aliphatic heterocycles. The van der Waals surface area contributed by atoms with Gasteiger partial charge in [0.15, 0.2) is 0 Å². The quantitative estimate of drug-likeness (QED) is 0.748. The summed E-state index contributed by atoms with van der Waals surface area (Å²) < 4.78 is 5.30. The maximum Gasteiger partial charge on any atom is 0.323 e. The number of nitrogens with one attached hydrogen (secondary N) is 1. The second-order valence-electron chi connectivity index (χ2n) is 7.68. The van der Waals surface area contributed by atoms with E-state index < -0.39 is 0 Å². The first-order valence-corrected chi connectivity index (χ1v) is 8.72. The molecule has 1 fully saturated rings. The van der Waals surface area contributed by atoms with Crippen molar-refractivity contribution in [2.75, 3.05) is 6.61 Å². The van der Waals surface area contributed by atoms with Gasteiger partial charge in [0.2, 0.25) is 0 Å². The number of carbonyl (C=O) groups is 1. The molecule has 0 saturated heterocycles. The fourth-order valence-corrected chi connectivity index (χ4v) is 3.37.